The first-order valence-electron chi connectivity index (χ1n) is 7.46. The van der Waals surface area contributed by atoms with Gasteiger partial charge in [-0.3, -0.25) is 4.79 Å². The van der Waals surface area contributed by atoms with Crippen molar-refractivity contribution >= 4 is 23.0 Å². The minimum Gasteiger partial charge on any atom is -0.397 e. The lowest BCUT2D eigenvalue weighted by Crippen LogP contribution is -2.33. The first kappa shape index (κ1) is 14.7. The van der Waals surface area contributed by atoms with Gasteiger partial charge in [0, 0.05) is 25.2 Å². The maximum Gasteiger partial charge on any atom is 0.224 e. The molecule has 0 spiro atoms. The summed E-state index contributed by atoms with van der Waals surface area (Å²) in [4.78, 5) is 14.0. The van der Waals surface area contributed by atoms with Gasteiger partial charge >= 0.3 is 0 Å². The number of benzene rings is 1. The second kappa shape index (κ2) is 6.16. The quantitative estimate of drug-likeness (QED) is 0.833. The average molecular weight is 275 g/mol. The zero-order chi connectivity index (χ0) is 14.7. The second-order valence-corrected chi connectivity index (χ2v) is 5.80. The highest BCUT2D eigenvalue weighted by atomic mass is 16.1. The van der Waals surface area contributed by atoms with Crippen molar-refractivity contribution in [2.45, 2.75) is 40.0 Å². The molecule has 0 bridgehead atoms. The molecule has 0 unspecified atom stereocenters. The van der Waals surface area contributed by atoms with E-state index < -0.39 is 0 Å². The van der Waals surface area contributed by atoms with Gasteiger partial charge in [0.1, 0.15) is 0 Å². The number of nitrogens with zero attached hydrogens (tertiary/aromatic N) is 1. The normalized spacial score (nSPS) is 16.2. The van der Waals surface area contributed by atoms with Gasteiger partial charge in [-0.25, -0.2) is 0 Å². The fourth-order valence-electron chi connectivity index (χ4n) is 2.66. The van der Waals surface area contributed by atoms with Gasteiger partial charge in [0.25, 0.3) is 0 Å². The fraction of sp³-hybridized carbons (Fsp3) is 0.562. The smallest absolute Gasteiger partial charge is 0.224 e. The lowest BCUT2D eigenvalue weighted by Gasteiger charge is -2.33. The Kier molecular flexibility index (Phi) is 4.53. The Hall–Kier alpha value is -1.71. The molecule has 1 fully saturated rings. The molecule has 0 saturated carbocycles. The van der Waals surface area contributed by atoms with E-state index >= 15 is 0 Å². The first-order chi connectivity index (χ1) is 9.51. The number of piperidine rings is 1. The van der Waals surface area contributed by atoms with Crippen LogP contribution in [0.2, 0.25) is 0 Å². The molecule has 20 heavy (non-hydrogen) atoms. The van der Waals surface area contributed by atoms with E-state index in [1.54, 1.807) is 0 Å². The van der Waals surface area contributed by atoms with Crippen LogP contribution in [0.3, 0.4) is 0 Å². The summed E-state index contributed by atoms with van der Waals surface area (Å²) < 4.78 is 0. The molecule has 2 rings (SSSR count). The number of nitrogens with two attached hydrogens (primary N) is 1. The van der Waals surface area contributed by atoms with Gasteiger partial charge in [-0.2, -0.15) is 0 Å². The molecule has 1 aromatic rings. The van der Waals surface area contributed by atoms with Gasteiger partial charge in [0.15, 0.2) is 0 Å². The molecule has 1 aliphatic heterocycles. The number of amides is 1. The third kappa shape index (κ3) is 3.24. The van der Waals surface area contributed by atoms with Gasteiger partial charge in [0.2, 0.25) is 5.91 Å². The molecule has 0 aliphatic carbocycles. The molecular formula is C16H25N3O. The van der Waals surface area contributed by atoms with Crippen molar-refractivity contribution in [3.63, 3.8) is 0 Å². The van der Waals surface area contributed by atoms with Crippen LogP contribution in [0.5, 0.6) is 0 Å². The van der Waals surface area contributed by atoms with Crippen LogP contribution in [0.15, 0.2) is 12.1 Å². The van der Waals surface area contributed by atoms with Crippen molar-refractivity contribution < 1.29 is 4.79 Å². The Morgan fingerprint density at radius 1 is 1.40 bits per heavy atom. The molecule has 1 heterocycles. The number of nitrogens with one attached hydrogen (secondary N) is 1. The molecule has 4 heteroatoms. The summed E-state index contributed by atoms with van der Waals surface area (Å²) in [7, 11) is 0. The predicted molar refractivity (Wildman–Crippen MR) is 85.1 cm³/mol. The average Bonchev–Trinajstić information content (AvgIpc) is 2.43. The van der Waals surface area contributed by atoms with Crippen molar-refractivity contribution in [2.24, 2.45) is 5.92 Å². The molecule has 0 radical (unpaired) electrons. The van der Waals surface area contributed by atoms with Crippen molar-refractivity contribution in [1.29, 1.82) is 0 Å². The number of nitrogen functional groups attached to an aromatic ring is 1. The van der Waals surface area contributed by atoms with Gasteiger partial charge < -0.3 is 16.0 Å². The summed E-state index contributed by atoms with van der Waals surface area (Å²) in [5.74, 6) is 0.804. The Morgan fingerprint density at radius 3 is 2.65 bits per heavy atom. The zero-order valence-corrected chi connectivity index (χ0v) is 12.7. The molecule has 1 saturated heterocycles. The first-order valence-corrected chi connectivity index (χ1v) is 7.46. The number of anilines is 3. The monoisotopic (exact) mass is 275 g/mol. The third-order valence-corrected chi connectivity index (χ3v) is 4.09. The summed E-state index contributed by atoms with van der Waals surface area (Å²) in [6.45, 7) is 8.38. The number of carbonyl (C=O) groups excluding carboxylic acids is 1. The van der Waals surface area contributed by atoms with Crippen LogP contribution in [-0.2, 0) is 4.79 Å². The van der Waals surface area contributed by atoms with Crippen LogP contribution in [0.1, 0.15) is 38.7 Å². The topological polar surface area (TPSA) is 58.4 Å². The van der Waals surface area contributed by atoms with E-state index in [-0.39, 0.29) is 5.91 Å². The van der Waals surface area contributed by atoms with Crippen LogP contribution in [-0.4, -0.2) is 19.0 Å². The predicted octanol–water partition coefficient (Wildman–Crippen LogP) is 3.16. The minimum atomic E-state index is -0.00114. The van der Waals surface area contributed by atoms with E-state index in [1.165, 1.54) is 24.1 Å². The molecule has 0 aromatic heterocycles. The molecule has 0 atom stereocenters. The maximum atomic E-state index is 11.6. The maximum absolute atomic E-state index is 11.6. The van der Waals surface area contributed by atoms with Crippen LogP contribution < -0.4 is 16.0 Å². The second-order valence-electron chi connectivity index (χ2n) is 5.80. The Balaban J connectivity index is 2.24. The Morgan fingerprint density at radius 2 is 2.05 bits per heavy atom. The summed E-state index contributed by atoms with van der Waals surface area (Å²) in [6, 6.07) is 3.98. The highest BCUT2D eigenvalue weighted by Gasteiger charge is 2.18. The molecule has 1 amide bonds. The standard InChI is InChI=1S/C16H25N3O/c1-4-16(20)18-14-10-15(12(3)9-13(14)17)19-7-5-11(2)6-8-19/h9-11H,4-8,17H2,1-3H3,(H,18,20). The van der Waals surface area contributed by atoms with Crippen molar-refractivity contribution in [1.82, 2.24) is 0 Å². The van der Waals surface area contributed by atoms with Crippen LogP contribution in [0.4, 0.5) is 17.1 Å². The summed E-state index contributed by atoms with van der Waals surface area (Å²) in [5.41, 5.74) is 9.75. The fourth-order valence-corrected chi connectivity index (χ4v) is 2.66. The van der Waals surface area contributed by atoms with Crippen LogP contribution >= 0.6 is 0 Å². The number of rotatable bonds is 3. The SMILES string of the molecule is CCC(=O)Nc1cc(N2CCC(C)CC2)c(C)cc1N. The Labute approximate surface area is 121 Å². The summed E-state index contributed by atoms with van der Waals surface area (Å²) in [5, 5.41) is 2.88. The van der Waals surface area contributed by atoms with Crippen molar-refractivity contribution in [3.05, 3.63) is 17.7 Å². The van der Waals surface area contributed by atoms with E-state index in [1.807, 2.05) is 19.1 Å². The molecule has 1 aliphatic rings. The number of aryl methyl sites for hydroxylation is 1. The number of hydrogen-bond donors (Lipinski definition) is 2. The van der Waals surface area contributed by atoms with E-state index in [0.29, 0.717) is 12.1 Å². The molecule has 4 nitrogen and oxygen atoms in total. The number of carbonyl (C=O) groups is 1. The highest BCUT2D eigenvalue weighted by molar-refractivity contribution is 5.94. The van der Waals surface area contributed by atoms with Crippen molar-refractivity contribution in [2.75, 3.05) is 29.0 Å². The lowest BCUT2D eigenvalue weighted by molar-refractivity contribution is -0.115. The molecular weight excluding hydrogens is 250 g/mol. The highest BCUT2D eigenvalue weighted by Crippen LogP contribution is 2.32. The largest absolute Gasteiger partial charge is 0.397 e. The third-order valence-electron chi connectivity index (χ3n) is 4.09. The molecule has 110 valence electrons. The minimum absolute atomic E-state index is 0.00114. The van der Waals surface area contributed by atoms with Gasteiger partial charge in [-0.05, 0) is 43.4 Å². The summed E-state index contributed by atoms with van der Waals surface area (Å²) in [6.07, 6.45) is 2.91. The molecule has 3 N–H and O–H groups in total. The van der Waals surface area contributed by atoms with Crippen LogP contribution in [0.25, 0.3) is 0 Å². The van der Waals surface area contributed by atoms with Crippen LogP contribution in [0, 0.1) is 12.8 Å². The van der Waals surface area contributed by atoms with Crippen molar-refractivity contribution in [3.8, 4) is 0 Å². The van der Waals surface area contributed by atoms with Gasteiger partial charge in [-0.1, -0.05) is 13.8 Å². The van der Waals surface area contributed by atoms with E-state index in [0.717, 1.165) is 24.7 Å². The number of hydrogen-bond acceptors (Lipinski definition) is 3. The zero-order valence-electron chi connectivity index (χ0n) is 12.7. The lowest BCUT2D eigenvalue weighted by atomic mass is 9.98. The molecule has 1 aromatic carbocycles. The van der Waals surface area contributed by atoms with E-state index in [2.05, 4.69) is 24.1 Å². The van der Waals surface area contributed by atoms with E-state index in [4.69, 9.17) is 5.73 Å². The van der Waals surface area contributed by atoms with Gasteiger partial charge in [0.05, 0.1) is 11.4 Å². The van der Waals surface area contributed by atoms with E-state index in [9.17, 15) is 4.79 Å². The summed E-state index contributed by atoms with van der Waals surface area (Å²) >= 11 is 0. The van der Waals surface area contributed by atoms with Gasteiger partial charge in [-0.15, -0.1) is 0 Å². The Bertz CT molecular complexity index is 491.